The largest absolute Gasteiger partial charge is 0.464 e. The van der Waals surface area contributed by atoms with Crippen molar-refractivity contribution >= 4 is 29.8 Å². The maximum Gasteiger partial charge on any atom is 0.410 e. The molecule has 2 bridgehead atoms. The molecule has 2 aliphatic carbocycles. The third-order valence-corrected chi connectivity index (χ3v) is 10.2. The lowest BCUT2D eigenvalue weighted by molar-refractivity contribution is -0.149. The van der Waals surface area contributed by atoms with Crippen LogP contribution in [-0.2, 0) is 41.7 Å². The van der Waals surface area contributed by atoms with Gasteiger partial charge in [-0.25, -0.2) is 18.8 Å². The first-order valence-corrected chi connectivity index (χ1v) is 18.2. The highest BCUT2D eigenvalue weighted by molar-refractivity contribution is 5.92. The number of amides is 3. The van der Waals surface area contributed by atoms with Gasteiger partial charge in [-0.3, -0.25) is 14.5 Å². The van der Waals surface area contributed by atoms with E-state index in [4.69, 9.17) is 14.2 Å². The number of fused-ring (bicyclic) bond motifs is 5. The number of ether oxygens (including phenoxy) is 3. The molecule has 4 aliphatic rings. The molecule has 1 aromatic carbocycles. The van der Waals surface area contributed by atoms with Crippen molar-refractivity contribution in [2.75, 3.05) is 6.61 Å². The molecule has 6 atom stereocenters. The summed E-state index contributed by atoms with van der Waals surface area (Å²) in [5.74, 6) is -2.30. The fourth-order valence-electron chi connectivity index (χ4n) is 7.47. The second kappa shape index (κ2) is 15.9. The normalized spacial score (nSPS) is 29.6. The highest BCUT2D eigenvalue weighted by Gasteiger charge is 2.61. The van der Waals surface area contributed by atoms with E-state index < -0.39 is 47.4 Å². The predicted octanol–water partition coefficient (Wildman–Crippen LogP) is 6.26. The van der Waals surface area contributed by atoms with Gasteiger partial charge in [-0.05, 0) is 96.6 Å². The fourth-order valence-corrected chi connectivity index (χ4v) is 7.47. The molecule has 0 aromatic heterocycles. The molecule has 1 aromatic rings. The Morgan fingerprint density at radius 3 is 2.60 bits per heavy atom. The summed E-state index contributed by atoms with van der Waals surface area (Å²) >= 11 is 0. The maximum atomic E-state index is 14.5. The van der Waals surface area contributed by atoms with E-state index in [9.17, 15) is 28.4 Å². The Morgan fingerprint density at radius 1 is 1.06 bits per heavy atom. The molecular formula is C38H52FN3O8. The van der Waals surface area contributed by atoms with Gasteiger partial charge in [0.2, 0.25) is 5.91 Å². The van der Waals surface area contributed by atoms with Crippen LogP contribution in [0.15, 0.2) is 30.4 Å². The van der Waals surface area contributed by atoms with Gasteiger partial charge >= 0.3 is 18.2 Å². The van der Waals surface area contributed by atoms with Crippen LogP contribution in [0.1, 0.15) is 109 Å². The Labute approximate surface area is 294 Å². The second-order valence-electron chi connectivity index (χ2n) is 15.3. The summed E-state index contributed by atoms with van der Waals surface area (Å²) in [5, 5.41) is 5.83. The average Bonchev–Trinajstić information content (AvgIpc) is 3.61. The lowest BCUT2D eigenvalue weighted by atomic mass is 9.89. The van der Waals surface area contributed by atoms with Gasteiger partial charge in [0.15, 0.2) is 5.78 Å². The molecule has 5 rings (SSSR count). The smallest absolute Gasteiger partial charge is 0.410 e. The molecule has 274 valence electrons. The Bertz CT molecular complexity index is 1470. The molecule has 1 unspecified atom stereocenters. The van der Waals surface area contributed by atoms with Crippen molar-refractivity contribution in [2.24, 2.45) is 17.8 Å². The minimum atomic E-state index is -1.13. The van der Waals surface area contributed by atoms with Gasteiger partial charge in [-0.1, -0.05) is 37.1 Å². The molecule has 2 aliphatic heterocycles. The van der Waals surface area contributed by atoms with E-state index in [0.717, 1.165) is 25.7 Å². The van der Waals surface area contributed by atoms with Crippen molar-refractivity contribution < 1.29 is 42.6 Å². The minimum Gasteiger partial charge on any atom is -0.464 e. The number of hydrogen-bond acceptors (Lipinski definition) is 8. The zero-order chi connectivity index (χ0) is 36.1. The van der Waals surface area contributed by atoms with Crippen molar-refractivity contribution in [3.63, 3.8) is 0 Å². The van der Waals surface area contributed by atoms with Crippen LogP contribution in [0.4, 0.5) is 14.0 Å². The number of halogens is 1. The number of nitrogens with zero attached hydrogens (tertiary/aromatic N) is 1. The summed E-state index contributed by atoms with van der Waals surface area (Å²) in [5.41, 5.74) is -0.684. The molecule has 3 amide bonds. The van der Waals surface area contributed by atoms with Crippen LogP contribution in [0, 0.1) is 23.6 Å². The summed E-state index contributed by atoms with van der Waals surface area (Å²) in [7, 11) is 0. The number of alkyl carbamates (subject to hydrolysis) is 1. The number of hydrogen-bond donors (Lipinski definition) is 2. The third kappa shape index (κ3) is 9.42. The van der Waals surface area contributed by atoms with E-state index >= 15 is 0 Å². The fraction of sp³-hybridized carbons (Fsp3) is 0.658. The van der Waals surface area contributed by atoms with Gasteiger partial charge in [0, 0.05) is 30.4 Å². The standard InChI is InChI=1S/C38H52FN3O8/c1-5-48-34(45)38-21-27(38)13-9-7-6-8-10-15-31(40-35(46)50-37(2,3)4)32(43)19-24-16-17-25(33(44)41-38)20-28(18-24)49-36(47)42-22-26-12-11-14-30(39)29(26)23-42/h9,11-14,24-25,27-28,31H,5-8,10,15-23H2,1-4H3,(H,40,46)(H,41,44)/b13-9-/t24?,25-,27+,28-,31-,38+/m0/s1. The van der Waals surface area contributed by atoms with Gasteiger partial charge in [0.1, 0.15) is 23.1 Å². The molecule has 12 heteroatoms. The van der Waals surface area contributed by atoms with Crippen LogP contribution in [0.3, 0.4) is 0 Å². The molecule has 2 N–H and O–H groups in total. The topological polar surface area (TPSA) is 140 Å². The number of carbonyl (C=O) groups is 5. The SMILES string of the molecule is CCOC(=O)[C@@]12C[C@H]1/C=C\CCCCC[C@H](NC(=O)OC(C)(C)C)C(=O)CC1CC[C@@H](C[C@@H](OC(=O)N3Cc4cccc(F)c4C3)C1)C(=O)N2. The summed E-state index contributed by atoms with van der Waals surface area (Å²) < 4.78 is 31.4. The van der Waals surface area contributed by atoms with E-state index in [1.54, 1.807) is 39.8 Å². The Kier molecular flexibility index (Phi) is 11.9. The van der Waals surface area contributed by atoms with Crippen LogP contribution in [-0.4, -0.2) is 64.6 Å². The highest BCUT2D eigenvalue weighted by Crippen LogP contribution is 2.46. The van der Waals surface area contributed by atoms with Crippen molar-refractivity contribution in [1.82, 2.24) is 15.5 Å². The third-order valence-electron chi connectivity index (χ3n) is 10.2. The van der Waals surface area contributed by atoms with Crippen molar-refractivity contribution in [3.05, 3.63) is 47.3 Å². The summed E-state index contributed by atoms with van der Waals surface area (Å²) in [6.45, 7) is 7.51. The summed E-state index contributed by atoms with van der Waals surface area (Å²) in [4.78, 5) is 68.6. The number of esters is 1. The number of rotatable bonds is 4. The quantitative estimate of drug-likeness (QED) is 0.213. The molecule has 2 saturated carbocycles. The molecule has 11 nitrogen and oxygen atoms in total. The number of ketones is 1. The Hall–Kier alpha value is -3.96. The van der Waals surface area contributed by atoms with E-state index in [1.807, 2.05) is 12.2 Å². The van der Waals surface area contributed by atoms with Crippen molar-refractivity contribution in [2.45, 2.75) is 135 Å². The monoisotopic (exact) mass is 697 g/mol. The molecule has 0 spiro atoms. The molecule has 0 radical (unpaired) electrons. The van der Waals surface area contributed by atoms with Crippen molar-refractivity contribution in [3.8, 4) is 0 Å². The Morgan fingerprint density at radius 2 is 1.86 bits per heavy atom. The molecular weight excluding hydrogens is 645 g/mol. The lowest BCUT2D eigenvalue weighted by Crippen LogP contribution is -2.48. The van der Waals surface area contributed by atoms with Crippen LogP contribution in [0.2, 0.25) is 0 Å². The second-order valence-corrected chi connectivity index (χ2v) is 15.3. The number of nitrogens with one attached hydrogen (secondary N) is 2. The number of allylic oxidation sites excluding steroid dienone is 1. The first-order valence-electron chi connectivity index (χ1n) is 18.2. The van der Waals surface area contributed by atoms with Gasteiger partial charge in [0.05, 0.1) is 19.2 Å². The zero-order valence-corrected chi connectivity index (χ0v) is 29.8. The van der Waals surface area contributed by atoms with Crippen LogP contribution in [0.25, 0.3) is 0 Å². The maximum absolute atomic E-state index is 14.5. The summed E-state index contributed by atoms with van der Waals surface area (Å²) in [6, 6.07) is 4.01. The number of benzene rings is 1. The molecule has 2 fully saturated rings. The van der Waals surface area contributed by atoms with Crippen LogP contribution >= 0.6 is 0 Å². The van der Waals surface area contributed by atoms with E-state index in [2.05, 4.69) is 10.6 Å². The van der Waals surface area contributed by atoms with Crippen LogP contribution in [0.5, 0.6) is 0 Å². The number of carbonyl (C=O) groups excluding carboxylic acids is 5. The van der Waals surface area contributed by atoms with Crippen LogP contribution < -0.4 is 10.6 Å². The predicted molar refractivity (Wildman–Crippen MR) is 182 cm³/mol. The first-order chi connectivity index (χ1) is 23.8. The average molecular weight is 698 g/mol. The van der Waals surface area contributed by atoms with Gasteiger partial charge in [0.25, 0.3) is 0 Å². The van der Waals surface area contributed by atoms with E-state index in [-0.39, 0.29) is 61.9 Å². The van der Waals surface area contributed by atoms with E-state index in [1.165, 1.54) is 11.0 Å². The zero-order valence-electron chi connectivity index (χ0n) is 29.8. The van der Waals surface area contributed by atoms with Gasteiger partial charge < -0.3 is 24.8 Å². The van der Waals surface area contributed by atoms with E-state index in [0.29, 0.717) is 43.2 Å². The van der Waals surface area contributed by atoms with Gasteiger partial charge in [-0.2, -0.15) is 0 Å². The Balaban J connectivity index is 1.37. The number of Topliss-reactive ketones (excluding diaryl/α,β-unsaturated/α-hetero) is 1. The lowest BCUT2D eigenvalue weighted by Gasteiger charge is -2.26. The molecule has 50 heavy (non-hydrogen) atoms. The van der Waals surface area contributed by atoms with Gasteiger partial charge in [-0.15, -0.1) is 0 Å². The molecule has 2 heterocycles. The van der Waals surface area contributed by atoms with Crippen molar-refractivity contribution in [1.29, 1.82) is 0 Å². The minimum absolute atomic E-state index is 0.0777. The highest BCUT2D eigenvalue weighted by atomic mass is 19.1. The first kappa shape index (κ1) is 37.3. The summed E-state index contributed by atoms with van der Waals surface area (Å²) in [6.07, 6.45) is 7.71. The molecule has 0 saturated heterocycles.